The summed E-state index contributed by atoms with van der Waals surface area (Å²) >= 11 is 10.8. The van der Waals surface area contributed by atoms with Crippen LogP contribution in [0.2, 0.25) is 10.2 Å². The predicted octanol–water partition coefficient (Wildman–Crippen LogP) is 3.56. The van der Waals surface area contributed by atoms with Gasteiger partial charge in [0.1, 0.15) is 5.02 Å². The van der Waals surface area contributed by atoms with Crippen LogP contribution >= 0.6 is 23.2 Å². The van der Waals surface area contributed by atoms with E-state index in [2.05, 4.69) is 9.97 Å². The van der Waals surface area contributed by atoms with Crippen LogP contribution in [0.15, 0.2) is 29.3 Å². The molecule has 0 atom stereocenters. The van der Waals surface area contributed by atoms with E-state index in [0.29, 0.717) is 0 Å². The van der Waals surface area contributed by atoms with Gasteiger partial charge in [-0.1, -0.05) is 38.1 Å². The molecule has 0 radical (unpaired) electrons. The van der Waals surface area contributed by atoms with Gasteiger partial charge in [-0.05, 0) is 6.07 Å². The average molecular weight is 381 g/mol. The van der Waals surface area contributed by atoms with E-state index < -0.39 is 26.8 Å². The Morgan fingerprint density at radius 2 is 1.62 bits per heavy atom. The Kier molecular flexibility index (Phi) is 9.94. The summed E-state index contributed by atoms with van der Waals surface area (Å²) in [6.07, 6.45) is 2.43. The average Bonchev–Trinajstić information content (AvgIpc) is 2.38. The summed E-state index contributed by atoms with van der Waals surface area (Å²) in [5.74, 6) is -0.626. The number of rotatable bonds is 2. The molecule has 0 fully saturated rings. The van der Waals surface area contributed by atoms with Crippen molar-refractivity contribution in [2.75, 3.05) is 0 Å². The molecular formula is C12H14Cl2N4O6. The maximum Gasteiger partial charge on any atom is 0.374 e. The van der Waals surface area contributed by atoms with Crippen molar-refractivity contribution in [3.8, 4) is 5.75 Å². The number of hydrogen-bond donors (Lipinski definition) is 2. The van der Waals surface area contributed by atoms with Gasteiger partial charge in [0, 0.05) is 18.5 Å². The maximum absolute atomic E-state index is 10.6. The van der Waals surface area contributed by atoms with Crippen molar-refractivity contribution in [1.82, 2.24) is 9.97 Å². The minimum absolute atomic E-state index is 0. The van der Waals surface area contributed by atoms with Crippen molar-refractivity contribution in [1.29, 1.82) is 0 Å². The van der Waals surface area contributed by atoms with Crippen LogP contribution in [0.4, 0.5) is 11.4 Å². The maximum atomic E-state index is 10.6. The monoisotopic (exact) mass is 380 g/mol. The van der Waals surface area contributed by atoms with Crippen LogP contribution in [-0.4, -0.2) is 24.9 Å². The van der Waals surface area contributed by atoms with Crippen molar-refractivity contribution in [3.63, 3.8) is 0 Å². The molecule has 0 amide bonds. The van der Waals surface area contributed by atoms with Gasteiger partial charge in [-0.25, -0.2) is 4.98 Å². The first kappa shape index (κ1) is 23.5. The highest BCUT2D eigenvalue weighted by Crippen LogP contribution is 2.29. The lowest BCUT2D eigenvalue weighted by atomic mass is 10.4. The van der Waals surface area contributed by atoms with Crippen molar-refractivity contribution >= 4 is 34.6 Å². The van der Waals surface area contributed by atoms with Gasteiger partial charge in [-0.2, -0.15) is 0 Å². The number of aromatic hydroxyl groups is 1. The smallest absolute Gasteiger partial charge is 0.374 e. The summed E-state index contributed by atoms with van der Waals surface area (Å²) in [5, 5.41) is 28.9. The van der Waals surface area contributed by atoms with E-state index in [0.717, 1.165) is 12.3 Å². The standard InChI is InChI=1S/C5H2Cl2N2O2.C5H4N2O4.2CH4/c6-3-1-2-8-5(7)4(3)9(10)11;8-3-1-2-6-5(9)4(3)7(10)11;;/h1-2H;1-2H,(H2,6,8,9);2*1H4. The molecular weight excluding hydrogens is 367 g/mol. The van der Waals surface area contributed by atoms with Gasteiger partial charge in [-0.3, -0.25) is 25.0 Å². The quantitative estimate of drug-likeness (QED) is 0.458. The molecule has 0 aliphatic carbocycles. The Labute approximate surface area is 146 Å². The molecule has 2 N–H and O–H groups in total. The Balaban J connectivity index is 0. The SMILES string of the molecule is C.C.O=[N+]([O-])c1c(Cl)ccnc1Cl.O=c1[nH]ccc(O)c1[N+](=O)[O-]. The normalized spacial score (nSPS) is 8.75. The van der Waals surface area contributed by atoms with Crippen LogP contribution in [-0.2, 0) is 0 Å². The number of nitrogens with zero attached hydrogens (tertiary/aromatic N) is 3. The molecule has 0 unspecified atom stereocenters. The summed E-state index contributed by atoms with van der Waals surface area (Å²) in [6.45, 7) is 0. The Morgan fingerprint density at radius 1 is 1.08 bits per heavy atom. The van der Waals surface area contributed by atoms with Crippen molar-refractivity contribution in [3.05, 3.63) is 65.3 Å². The number of nitrogens with one attached hydrogen (secondary N) is 1. The van der Waals surface area contributed by atoms with Crippen LogP contribution in [0, 0.1) is 20.2 Å². The van der Waals surface area contributed by atoms with Gasteiger partial charge in [0.15, 0.2) is 0 Å². The Bertz CT molecular complexity index is 760. The lowest BCUT2D eigenvalue weighted by Gasteiger charge is -1.94. The first-order valence-corrected chi connectivity index (χ1v) is 6.00. The molecule has 12 heteroatoms. The third-order valence-electron chi connectivity index (χ3n) is 2.11. The third kappa shape index (κ3) is 5.82. The lowest BCUT2D eigenvalue weighted by Crippen LogP contribution is -2.10. The highest BCUT2D eigenvalue weighted by molar-refractivity contribution is 6.37. The largest absolute Gasteiger partial charge is 0.502 e. The second-order valence-corrected chi connectivity index (χ2v) is 4.25. The summed E-state index contributed by atoms with van der Waals surface area (Å²) < 4.78 is 0. The fourth-order valence-corrected chi connectivity index (χ4v) is 1.70. The Hall–Kier alpha value is -2.72. The van der Waals surface area contributed by atoms with Crippen molar-refractivity contribution < 1.29 is 15.0 Å². The molecule has 0 aromatic carbocycles. The van der Waals surface area contributed by atoms with Gasteiger partial charge in [0.05, 0.1) is 9.85 Å². The van der Waals surface area contributed by atoms with Crippen LogP contribution in [0.5, 0.6) is 5.75 Å². The highest BCUT2D eigenvalue weighted by Gasteiger charge is 2.18. The summed E-state index contributed by atoms with van der Waals surface area (Å²) in [6, 6.07) is 2.35. The zero-order valence-corrected chi connectivity index (χ0v) is 11.9. The van der Waals surface area contributed by atoms with E-state index in [1.165, 1.54) is 12.3 Å². The fourth-order valence-electron chi connectivity index (χ4n) is 1.21. The number of H-pyrrole nitrogens is 1. The van der Waals surface area contributed by atoms with E-state index in [1.807, 2.05) is 0 Å². The van der Waals surface area contributed by atoms with E-state index in [-0.39, 0.29) is 30.7 Å². The van der Waals surface area contributed by atoms with Crippen LogP contribution in [0.1, 0.15) is 14.9 Å². The topological polar surface area (TPSA) is 152 Å². The lowest BCUT2D eigenvalue weighted by molar-refractivity contribution is -0.387. The number of aromatic nitrogens is 2. The first-order chi connectivity index (χ1) is 10.3. The molecule has 132 valence electrons. The number of aromatic amines is 1. The number of hydrogen-bond acceptors (Lipinski definition) is 7. The minimum Gasteiger partial charge on any atom is -0.502 e. The highest BCUT2D eigenvalue weighted by atomic mass is 35.5. The molecule has 0 aliphatic rings. The minimum atomic E-state index is -0.936. The van der Waals surface area contributed by atoms with Gasteiger partial charge in [0.2, 0.25) is 10.9 Å². The van der Waals surface area contributed by atoms with Gasteiger partial charge >= 0.3 is 16.9 Å². The van der Waals surface area contributed by atoms with E-state index in [1.54, 1.807) is 0 Å². The summed E-state index contributed by atoms with van der Waals surface area (Å²) in [7, 11) is 0. The van der Waals surface area contributed by atoms with Gasteiger partial charge in [0.25, 0.3) is 0 Å². The summed E-state index contributed by atoms with van der Waals surface area (Å²) in [5.41, 5.74) is -2.08. The molecule has 0 bridgehead atoms. The molecule has 2 rings (SSSR count). The zero-order valence-electron chi connectivity index (χ0n) is 10.4. The van der Waals surface area contributed by atoms with E-state index in [4.69, 9.17) is 28.3 Å². The van der Waals surface area contributed by atoms with Crippen molar-refractivity contribution in [2.45, 2.75) is 14.9 Å². The predicted molar refractivity (Wildman–Crippen MR) is 89.8 cm³/mol. The van der Waals surface area contributed by atoms with E-state index >= 15 is 0 Å². The second-order valence-electron chi connectivity index (χ2n) is 3.49. The van der Waals surface area contributed by atoms with Gasteiger partial charge < -0.3 is 10.1 Å². The fraction of sp³-hybridized carbons (Fsp3) is 0.167. The molecule has 0 aliphatic heterocycles. The number of nitro groups is 2. The molecule has 0 saturated heterocycles. The van der Waals surface area contributed by atoms with Crippen LogP contribution < -0.4 is 5.56 Å². The van der Waals surface area contributed by atoms with Crippen molar-refractivity contribution in [2.24, 2.45) is 0 Å². The third-order valence-corrected chi connectivity index (χ3v) is 2.69. The molecule has 10 nitrogen and oxygen atoms in total. The molecule has 0 spiro atoms. The molecule has 2 aromatic rings. The van der Waals surface area contributed by atoms with Gasteiger partial charge in [-0.15, -0.1) is 0 Å². The zero-order chi connectivity index (χ0) is 16.9. The Morgan fingerprint density at radius 3 is 1.96 bits per heavy atom. The van der Waals surface area contributed by atoms with Crippen LogP contribution in [0.3, 0.4) is 0 Å². The van der Waals surface area contributed by atoms with Crippen LogP contribution in [0.25, 0.3) is 0 Å². The second kappa shape index (κ2) is 10.1. The molecule has 2 aromatic heterocycles. The summed E-state index contributed by atoms with van der Waals surface area (Å²) in [4.78, 5) is 34.9. The molecule has 2 heterocycles. The number of pyridine rings is 2. The first-order valence-electron chi connectivity index (χ1n) is 5.25. The van der Waals surface area contributed by atoms with E-state index in [9.17, 15) is 25.0 Å². The number of halogens is 2. The molecule has 0 saturated carbocycles. The molecule has 24 heavy (non-hydrogen) atoms.